The minimum Gasteiger partial charge on any atom is -0.349 e. The Hall–Kier alpha value is -0.840. The number of nitrogens with one attached hydrogen (secondary N) is 2. The first-order valence-corrected chi connectivity index (χ1v) is 8.41. The molecule has 0 aromatic heterocycles. The topological polar surface area (TPSA) is 19.7 Å². The zero-order valence-corrected chi connectivity index (χ0v) is 14.6. The van der Waals surface area contributed by atoms with Crippen LogP contribution in [0.1, 0.15) is 26.7 Å². The molecule has 1 fully saturated rings. The Morgan fingerprint density at radius 1 is 1.29 bits per heavy atom. The normalized spacial score (nSPS) is 17.9. The molecule has 0 aliphatic carbocycles. The van der Waals surface area contributed by atoms with E-state index in [0.717, 1.165) is 35.0 Å². The summed E-state index contributed by atoms with van der Waals surface area (Å²) >= 11 is 11.4. The number of hydrogen-bond acceptors (Lipinski definition) is 1. The minimum atomic E-state index is 0.681. The second-order valence-corrected chi connectivity index (χ2v) is 6.92. The summed E-state index contributed by atoms with van der Waals surface area (Å²) < 4.78 is 0. The molecule has 1 unspecified atom stereocenters. The Morgan fingerprint density at radius 3 is 2.38 bits per heavy atom. The summed E-state index contributed by atoms with van der Waals surface area (Å²) in [6.45, 7) is 6.64. The highest BCUT2D eigenvalue weighted by Crippen LogP contribution is 2.15. The van der Waals surface area contributed by atoms with Gasteiger partial charge in [0.2, 0.25) is 0 Å². The Morgan fingerprint density at radius 2 is 1.86 bits per heavy atom. The van der Waals surface area contributed by atoms with Crippen LogP contribution in [0.2, 0.25) is 5.02 Å². The maximum atomic E-state index is 5.89. The lowest BCUT2D eigenvalue weighted by Gasteiger charge is -2.37. The van der Waals surface area contributed by atoms with Gasteiger partial charge in [-0.3, -0.25) is 0 Å². The molecule has 1 aliphatic heterocycles. The van der Waals surface area contributed by atoms with Crippen molar-refractivity contribution in [2.24, 2.45) is 0 Å². The molecule has 0 radical (unpaired) electrons. The van der Waals surface area contributed by atoms with E-state index < -0.39 is 0 Å². The van der Waals surface area contributed by atoms with Crippen molar-refractivity contribution in [3.05, 3.63) is 29.3 Å². The highest BCUT2D eigenvalue weighted by Gasteiger charge is 2.27. The van der Waals surface area contributed by atoms with E-state index in [1.54, 1.807) is 4.90 Å². The number of rotatable bonds is 3. The average Bonchev–Trinajstić information content (AvgIpc) is 2.49. The van der Waals surface area contributed by atoms with Gasteiger partial charge in [0.1, 0.15) is 0 Å². The number of halogens is 1. The highest BCUT2D eigenvalue weighted by atomic mass is 35.5. The Kier molecular flexibility index (Phi) is 5.85. The van der Waals surface area contributed by atoms with Crippen LogP contribution in [0.15, 0.2) is 24.3 Å². The summed E-state index contributed by atoms with van der Waals surface area (Å²) in [5.74, 6) is 0. The van der Waals surface area contributed by atoms with Crippen LogP contribution < -0.4 is 10.2 Å². The van der Waals surface area contributed by atoms with Crippen molar-refractivity contribution in [3.63, 3.8) is 0 Å². The summed E-state index contributed by atoms with van der Waals surface area (Å²) in [4.78, 5) is 3.90. The van der Waals surface area contributed by atoms with Gasteiger partial charge in [0.15, 0.2) is 5.11 Å². The fourth-order valence-corrected chi connectivity index (χ4v) is 3.17. The van der Waals surface area contributed by atoms with Crippen LogP contribution in [0, 0.1) is 0 Å². The molecule has 21 heavy (non-hydrogen) atoms. The van der Waals surface area contributed by atoms with Crippen LogP contribution in [-0.4, -0.2) is 42.2 Å². The number of hydrogen-bond donors (Lipinski definition) is 2. The average molecular weight is 327 g/mol. The molecule has 2 rings (SSSR count). The molecule has 116 valence electrons. The van der Waals surface area contributed by atoms with Crippen LogP contribution in [0.25, 0.3) is 0 Å². The van der Waals surface area contributed by atoms with Gasteiger partial charge < -0.3 is 15.1 Å². The van der Waals surface area contributed by atoms with Gasteiger partial charge in [-0.25, -0.2) is 0 Å². The second kappa shape index (κ2) is 7.43. The number of piperidine rings is 1. The van der Waals surface area contributed by atoms with Crippen LogP contribution in [-0.2, 0) is 0 Å². The molecule has 1 heterocycles. The predicted octanol–water partition coefficient (Wildman–Crippen LogP) is 2.42. The third-order valence-electron chi connectivity index (χ3n) is 4.43. The summed E-state index contributed by atoms with van der Waals surface area (Å²) in [7, 11) is 2.30. The van der Waals surface area contributed by atoms with Gasteiger partial charge in [0.25, 0.3) is 0 Å². The molecule has 0 spiro atoms. The molecular formula is C16H25ClN3S+. The summed E-state index contributed by atoms with van der Waals surface area (Å²) in [5.41, 5.74) is 0.997. The molecule has 0 amide bonds. The van der Waals surface area contributed by atoms with Crippen molar-refractivity contribution in [1.82, 2.24) is 4.90 Å². The molecule has 0 saturated carbocycles. The SMILES string of the molecule is CC(C)[NH+](C)C1CCN(C(=S)Nc2ccc(Cl)cc2)CC1. The summed E-state index contributed by atoms with van der Waals surface area (Å²) in [6.07, 6.45) is 2.40. The molecule has 0 bridgehead atoms. The van der Waals surface area contributed by atoms with E-state index >= 15 is 0 Å². The Bertz CT molecular complexity index is 467. The fourth-order valence-electron chi connectivity index (χ4n) is 2.75. The maximum absolute atomic E-state index is 5.89. The van der Waals surface area contributed by atoms with Gasteiger partial charge in [-0.2, -0.15) is 0 Å². The molecule has 2 N–H and O–H groups in total. The van der Waals surface area contributed by atoms with Crippen LogP contribution >= 0.6 is 23.8 Å². The van der Waals surface area contributed by atoms with Gasteiger partial charge in [-0.1, -0.05) is 11.6 Å². The molecule has 1 atom stereocenters. The number of likely N-dealkylation sites (tertiary alicyclic amines) is 1. The van der Waals surface area contributed by atoms with Gasteiger partial charge in [-0.15, -0.1) is 0 Å². The molecule has 1 aromatic carbocycles. The summed E-state index contributed by atoms with van der Waals surface area (Å²) in [6, 6.07) is 9.09. The molecule has 1 saturated heterocycles. The minimum absolute atomic E-state index is 0.681. The number of anilines is 1. The van der Waals surface area contributed by atoms with Crippen molar-refractivity contribution in [1.29, 1.82) is 0 Å². The number of quaternary nitrogens is 1. The fraction of sp³-hybridized carbons (Fsp3) is 0.562. The first-order chi connectivity index (χ1) is 9.97. The first kappa shape index (κ1) is 16.5. The highest BCUT2D eigenvalue weighted by molar-refractivity contribution is 7.80. The van der Waals surface area contributed by atoms with Crippen molar-refractivity contribution >= 4 is 34.6 Å². The smallest absolute Gasteiger partial charge is 0.173 e. The van der Waals surface area contributed by atoms with Crippen molar-refractivity contribution in [2.45, 2.75) is 38.8 Å². The first-order valence-electron chi connectivity index (χ1n) is 7.62. The number of thiocarbonyl (C=S) groups is 1. The molecule has 1 aromatic rings. The third kappa shape index (κ3) is 4.56. The lowest BCUT2D eigenvalue weighted by atomic mass is 10.0. The predicted molar refractivity (Wildman–Crippen MR) is 94.3 cm³/mol. The van der Waals surface area contributed by atoms with E-state index in [1.165, 1.54) is 12.8 Å². The number of benzene rings is 1. The van der Waals surface area contributed by atoms with Gasteiger partial charge in [0.05, 0.1) is 19.1 Å². The van der Waals surface area contributed by atoms with Gasteiger partial charge in [0, 0.05) is 36.6 Å². The standard InChI is InChI=1S/C16H24ClN3S/c1-12(2)19(3)15-8-10-20(11-9-15)16(21)18-14-6-4-13(17)5-7-14/h4-7,12,15H,8-11H2,1-3H3,(H,18,21)/p+1. The van der Waals surface area contributed by atoms with E-state index in [9.17, 15) is 0 Å². The van der Waals surface area contributed by atoms with E-state index in [-0.39, 0.29) is 0 Å². The van der Waals surface area contributed by atoms with E-state index in [1.807, 2.05) is 24.3 Å². The van der Waals surface area contributed by atoms with Crippen molar-refractivity contribution in [3.8, 4) is 0 Å². The Labute approximate surface area is 138 Å². The largest absolute Gasteiger partial charge is 0.349 e. The Balaban J connectivity index is 1.84. The van der Waals surface area contributed by atoms with Gasteiger partial charge in [-0.05, 0) is 50.3 Å². The zero-order chi connectivity index (χ0) is 15.4. The lowest BCUT2D eigenvalue weighted by molar-refractivity contribution is -0.928. The number of nitrogens with zero attached hydrogens (tertiary/aromatic N) is 1. The van der Waals surface area contributed by atoms with Crippen LogP contribution in [0.3, 0.4) is 0 Å². The quantitative estimate of drug-likeness (QED) is 0.832. The van der Waals surface area contributed by atoms with Crippen molar-refractivity contribution < 1.29 is 4.90 Å². The maximum Gasteiger partial charge on any atom is 0.173 e. The summed E-state index contributed by atoms with van der Waals surface area (Å²) in [5, 5.41) is 4.86. The molecular weight excluding hydrogens is 302 g/mol. The second-order valence-electron chi connectivity index (χ2n) is 6.10. The molecule has 1 aliphatic rings. The third-order valence-corrected chi connectivity index (χ3v) is 5.04. The molecule has 3 nitrogen and oxygen atoms in total. The monoisotopic (exact) mass is 326 g/mol. The van der Waals surface area contributed by atoms with E-state index in [4.69, 9.17) is 23.8 Å². The van der Waals surface area contributed by atoms with Crippen molar-refractivity contribution in [2.75, 3.05) is 25.5 Å². The van der Waals surface area contributed by atoms with E-state index in [0.29, 0.717) is 6.04 Å². The van der Waals surface area contributed by atoms with Gasteiger partial charge >= 0.3 is 0 Å². The van der Waals surface area contributed by atoms with Crippen LogP contribution in [0.4, 0.5) is 5.69 Å². The van der Waals surface area contributed by atoms with E-state index in [2.05, 4.69) is 31.1 Å². The van der Waals surface area contributed by atoms with Crippen LogP contribution in [0.5, 0.6) is 0 Å². The lowest BCUT2D eigenvalue weighted by Crippen LogP contribution is -3.16. The molecule has 5 heteroatoms. The zero-order valence-electron chi connectivity index (χ0n) is 13.0.